The van der Waals surface area contributed by atoms with Gasteiger partial charge in [-0.3, -0.25) is 9.69 Å². The molecule has 8 heteroatoms. The number of rotatable bonds is 4. The Morgan fingerprint density at radius 2 is 1.70 bits per heavy atom. The van der Waals surface area contributed by atoms with Crippen LogP contribution in [0.15, 0.2) is 0 Å². The van der Waals surface area contributed by atoms with Crippen LogP contribution >= 0.6 is 12.4 Å². The van der Waals surface area contributed by atoms with Crippen molar-refractivity contribution >= 4 is 18.3 Å². The summed E-state index contributed by atoms with van der Waals surface area (Å²) >= 11 is 0. The maximum absolute atomic E-state index is 12.2. The van der Waals surface area contributed by atoms with Crippen molar-refractivity contribution in [2.75, 3.05) is 32.7 Å². The van der Waals surface area contributed by atoms with E-state index >= 15 is 0 Å². The number of amides is 1. The van der Waals surface area contributed by atoms with Gasteiger partial charge in [-0.1, -0.05) is 13.3 Å². The van der Waals surface area contributed by atoms with Crippen LogP contribution in [0.5, 0.6) is 0 Å². The molecule has 1 aliphatic rings. The van der Waals surface area contributed by atoms with E-state index in [1.807, 2.05) is 6.92 Å². The van der Waals surface area contributed by atoms with E-state index in [0.29, 0.717) is 19.5 Å². The first kappa shape index (κ1) is 19.5. The van der Waals surface area contributed by atoms with Gasteiger partial charge in [0.2, 0.25) is 5.91 Å². The number of carbonyl (C=O) groups is 1. The lowest BCUT2D eigenvalue weighted by molar-refractivity contribution is -0.153. The molecule has 1 heterocycles. The lowest BCUT2D eigenvalue weighted by atomic mass is 9.95. The van der Waals surface area contributed by atoms with E-state index in [0.717, 1.165) is 6.42 Å². The molecular formula is C12H23ClF3N3O. The quantitative estimate of drug-likeness (QED) is 0.857. The molecule has 120 valence electrons. The number of hydrogen-bond donors (Lipinski definition) is 1. The normalized spacial score (nSPS) is 20.2. The first-order valence-corrected chi connectivity index (χ1v) is 6.53. The number of hydrogen-bond acceptors (Lipinski definition) is 3. The summed E-state index contributed by atoms with van der Waals surface area (Å²) in [5, 5.41) is 0. The molecule has 1 amide bonds. The van der Waals surface area contributed by atoms with E-state index < -0.39 is 18.3 Å². The molecule has 20 heavy (non-hydrogen) atoms. The van der Waals surface area contributed by atoms with Crippen LogP contribution in [0.4, 0.5) is 13.2 Å². The minimum Gasteiger partial charge on any atom is -0.339 e. The molecule has 0 aromatic rings. The number of halogens is 4. The predicted octanol–water partition coefficient (Wildman–Crippen LogP) is 1.63. The molecule has 1 atom stereocenters. The summed E-state index contributed by atoms with van der Waals surface area (Å²) in [7, 11) is 0. The van der Waals surface area contributed by atoms with E-state index in [9.17, 15) is 18.0 Å². The lowest BCUT2D eigenvalue weighted by Crippen LogP contribution is -2.58. The molecule has 4 nitrogen and oxygen atoms in total. The van der Waals surface area contributed by atoms with Gasteiger partial charge in [0.1, 0.15) is 0 Å². The van der Waals surface area contributed by atoms with Gasteiger partial charge in [0.15, 0.2) is 0 Å². The Labute approximate surface area is 123 Å². The maximum atomic E-state index is 12.2. The minimum atomic E-state index is -4.18. The van der Waals surface area contributed by atoms with Crippen LogP contribution in [-0.2, 0) is 4.79 Å². The van der Waals surface area contributed by atoms with Crippen LogP contribution in [0.25, 0.3) is 0 Å². The third-order valence-electron chi connectivity index (χ3n) is 3.32. The van der Waals surface area contributed by atoms with Gasteiger partial charge in [0.05, 0.1) is 12.1 Å². The average molecular weight is 318 g/mol. The van der Waals surface area contributed by atoms with E-state index in [1.54, 1.807) is 11.8 Å². The monoisotopic (exact) mass is 317 g/mol. The number of carbonyl (C=O) groups excluding carboxylic acids is 1. The van der Waals surface area contributed by atoms with Gasteiger partial charge in [-0.25, -0.2) is 0 Å². The fourth-order valence-electron chi connectivity index (χ4n) is 2.35. The van der Waals surface area contributed by atoms with E-state index in [1.165, 1.54) is 4.90 Å². The Morgan fingerprint density at radius 1 is 1.20 bits per heavy atom. The summed E-state index contributed by atoms with van der Waals surface area (Å²) in [6, 6.07) is 0. The van der Waals surface area contributed by atoms with Crippen LogP contribution in [0, 0.1) is 0 Å². The molecule has 1 unspecified atom stereocenters. The standard InChI is InChI=1S/C12H22F3N3O.ClH/c1-3-4-11(2,16)10(19)18-7-5-17(6-8-18)9-12(13,14)15;/h3-9,16H2,1-2H3;1H. The van der Waals surface area contributed by atoms with Gasteiger partial charge in [-0.05, 0) is 13.3 Å². The summed E-state index contributed by atoms with van der Waals surface area (Å²) in [6.07, 6.45) is -2.81. The molecule has 0 spiro atoms. The Balaban J connectivity index is 0.00000361. The topological polar surface area (TPSA) is 49.6 Å². The van der Waals surface area contributed by atoms with Gasteiger partial charge in [-0.2, -0.15) is 13.2 Å². The fraction of sp³-hybridized carbons (Fsp3) is 0.917. The highest BCUT2D eigenvalue weighted by Gasteiger charge is 2.36. The van der Waals surface area contributed by atoms with Crippen molar-refractivity contribution in [3.63, 3.8) is 0 Å². The van der Waals surface area contributed by atoms with Crippen LogP contribution in [-0.4, -0.2) is 60.1 Å². The summed E-state index contributed by atoms with van der Waals surface area (Å²) in [5.41, 5.74) is 5.04. The summed E-state index contributed by atoms with van der Waals surface area (Å²) in [6.45, 7) is 3.82. The number of nitrogens with zero attached hydrogens (tertiary/aromatic N) is 2. The number of alkyl halides is 3. The highest BCUT2D eigenvalue weighted by atomic mass is 35.5. The van der Waals surface area contributed by atoms with Crippen LogP contribution in [0.2, 0.25) is 0 Å². The summed E-state index contributed by atoms with van der Waals surface area (Å²) in [4.78, 5) is 15.1. The fourth-order valence-corrected chi connectivity index (χ4v) is 2.35. The van der Waals surface area contributed by atoms with Crippen LogP contribution in [0.1, 0.15) is 26.7 Å². The Kier molecular flexibility index (Phi) is 7.27. The molecule has 1 fully saturated rings. The zero-order valence-corrected chi connectivity index (χ0v) is 12.7. The number of piperazine rings is 1. The molecule has 1 rings (SSSR count). The van der Waals surface area contributed by atoms with Crippen molar-refractivity contribution in [1.29, 1.82) is 0 Å². The Morgan fingerprint density at radius 3 is 2.10 bits per heavy atom. The maximum Gasteiger partial charge on any atom is 0.401 e. The van der Waals surface area contributed by atoms with Gasteiger partial charge < -0.3 is 10.6 Å². The Hall–Kier alpha value is -0.530. The van der Waals surface area contributed by atoms with Crippen molar-refractivity contribution < 1.29 is 18.0 Å². The molecule has 0 aliphatic carbocycles. The van der Waals surface area contributed by atoms with Crippen molar-refractivity contribution in [2.45, 2.75) is 38.4 Å². The van der Waals surface area contributed by atoms with E-state index in [2.05, 4.69) is 0 Å². The van der Waals surface area contributed by atoms with E-state index in [-0.39, 0.29) is 31.4 Å². The first-order valence-electron chi connectivity index (χ1n) is 6.53. The predicted molar refractivity (Wildman–Crippen MR) is 73.8 cm³/mol. The van der Waals surface area contributed by atoms with E-state index in [4.69, 9.17) is 5.73 Å². The van der Waals surface area contributed by atoms with Gasteiger partial charge >= 0.3 is 6.18 Å². The molecular weight excluding hydrogens is 295 g/mol. The van der Waals surface area contributed by atoms with Crippen LogP contribution < -0.4 is 5.73 Å². The smallest absolute Gasteiger partial charge is 0.339 e. The molecule has 0 aromatic heterocycles. The second-order valence-electron chi connectivity index (χ2n) is 5.35. The van der Waals surface area contributed by atoms with Crippen LogP contribution in [0.3, 0.4) is 0 Å². The molecule has 2 N–H and O–H groups in total. The van der Waals surface area contributed by atoms with Crippen molar-refractivity contribution in [3.05, 3.63) is 0 Å². The number of nitrogens with two attached hydrogens (primary N) is 1. The molecule has 0 radical (unpaired) electrons. The van der Waals surface area contributed by atoms with Crippen molar-refractivity contribution in [2.24, 2.45) is 5.73 Å². The second kappa shape index (κ2) is 7.47. The molecule has 1 saturated heterocycles. The summed E-state index contributed by atoms with van der Waals surface area (Å²) < 4.78 is 36.7. The molecule has 1 aliphatic heterocycles. The van der Waals surface area contributed by atoms with Crippen molar-refractivity contribution in [3.8, 4) is 0 Å². The van der Waals surface area contributed by atoms with Gasteiger partial charge in [0.25, 0.3) is 0 Å². The van der Waals surface area contributed by atoms with Gasteiger partial charge in [0, 0.05) is 26.2 Å². The second-order valence-corrected chi connectivity index (χ2v) is 5.35. The zero-order chi connectivity index (χ0) is 14.7. The molecule has 0 saturated carbocycles. The third kappa shape index (κ3) is 5.85. The third-order valence-corrected chi connectivity index (χ3v) is 3.32. The zero-order valence-electron chi connectivity index (χ0n) is 11.9. The minimum absolute atomic E-state index is 0. The SMILES string of the molecule is CCCC(C)(N)C(=O)N1CCN(CC(F)(F)F)CC1.Cl. The molecule has 0 aromatic carbocycles. The highest BCUT2D eigenvalue weighted by Crippen LogP contribution is 2.19. The largest absolute Gasteiger partial charge is 0.401 e. The highest BCUT2D eigenvalue weighted by molar-refractivity contribution is 5.86. The van der Waals surface area contributed by atoms with Gasteiger partial charge in [-0.15, -0.1) is 12.4 Å². The van der Waals surface area contributed by atoms with Crippen molar-refractivity contribution in [1.82, 2.24) is 9.80 Å². The molecule has 0 bridgehead atoms. The first-order chi connectivity index (χ1) is 8.65. The summed E-state index contributed by atoms with van der Waals surface area (Å²) in [5.74, 6) is -0.166. The average Bonchev–Trinajstić information content (AvgIpc) is 2.27. The lowest BCUT2D eigenvalue weighted by Gasteiger charge is -2.38. The Bertz CT molecular complexity index is 316.